The number of carboxylic acid groups (broad SMARTS) is 2. The third-order valence-electron chi connectivity index (χ3n) is 6.66. The number of aliphatic carboxylic acids is 2. The molecule has 1 heterocycles. The van der Waals surface area contributed by atoms with Crippen LogP contribution >= 0.6 is 22.6 Å². The van der Waals surface area contributed by atoms with Crippen LogP contribution in [-0.2, 0) is 16.0 Å². The number of carboxylic acids is 2. The highest BCUT2D eigenvalue weighted by molar-refractivity contribution is 14.1. The van der Waals surface area contributed by atoms with Crippen LogP contribution in [-0.4, -0.2) is 77.8 Å². The van der Waals surface area contributed by atoms with Crippen molar-refractivity contribution in [2.75, 3.05) is 50.7 Å². The van der Waals surface area contributed by atoms with E-state index < -0.39 is 11.9 Å². The van der Waals surface area contributed by atoms with Gasteiger partial charge in [0.15, 0.2) is 0 Å². The van der Waals surface area contributed by atoms with Gasteiger partial charge in [-0.25, -0.2) is 18.4 Å². The number of halogens is 3. The molecular weight excluding hydrogens is 661 g/mol. The monoisotopic (exact) mass is 692 g/mol. The standard InChI is InChI=1S/C27H29F2IN6.C2H2O4/c28-22-3-7-24(8-4-22)36(25-9-5-23(29)6-10-25)14-1-13-34-16-18-35(19-17-34)15-12-21-2-11-27(32-33-31)26(30)20-21;3-1(4)2(5)6/h2-11,20H,1,12-19H2;(H,3,4)(H,5,6). The maximum absolute atomic E-state index is 13.5. The van der Waals surface area contributed by atoms with Gasteiger partial charge in [-0.2, -0.15) is 0 Å². The fraction of sp³-hybridized carbons (Fsp3) is 0.310. The number of rotatable bonds is 10. The quantitative estimate of drug-likeness (QED) is 0.0869. The van der Waals surface area contributed by atoms with E-state index in [0.29, 0.717) is 5.69 Å². The SMILES string of the molecule is O=C(O)C(=O)O.[N-]=[N+]=Nc1ccc(CCN2CCN(CCCN(c3ccc(F)cc3)c3ccc(F)cc3)CC2)cc1I. The molecule has 3 aromatic rings. The van der Waals surface area contributed by atoms with Crippen LogP contribution in [0.15, 0.2) is 71.8 Å². The van der Waals surface area contributed by atoms with Crippen molar-refractivity contribution >= 4 is 51.6 Å². The fourth-order valence-corrected chi connectivity index (χ4v) is 5.15. The van der Waals surface area contributed by atoms with Crippen LogP contribution in [0.4, 0.5) is 25.8 Å². The zero-order valence-corrected chi connectivity index (χ0v) is 24.9. The summed E-state index contributed by atoms with van der Waals surface area (Å²) in [5.41, 5.74) is 12.3. The van der Waals surface area contributed by atoms with Gasteiger partial charge in [0.2, 0.25) is 0 Å². The number of nitrogens with zero attached hydrogens (tertiary/aromatic N) is 6. The topological polar surface area (TPSA) is 133 Å². The molecular formula is C29H31F2IN6O4. The number of hydrogen-bond donors (Lipinski definition) is 2. The van der Waals surface area contributed by atoms with E-state index in [1.807, 2.05) is 12.1 Å². The summed E-state index contributed by atoms with van der Waals surface area (Å²) in [7, 11) is 0. The van der Waals surface area contributed by atoms with Crippen molar-refractivity contribution in [3.63, 3.8) is 0 Å². The largest absolute Gasteiger partial charge is 0.473 e. The van der Waals surface area contributed by atoms with Crippen molar-refractivity contribution in [2.24, 2.45) is 5.11 Å². The minimum absolute atomic E-state index is 0.268. The van der Waals surface area contributed by atoms with E-state index in [1.54, 1.807) is 24.3 Å². The second-order valence-electron chi connectivity index (χ2n) is 9.48. The normalized spacial score (nSPS) is 13.4. The number of azide groups is 1. The van der Waals surface area contributed by atoms with Crippen molar-refractivity contribution in [3.05, 3.63) is 97.9 Å². The predicted octanol–water partition coefficient (Wildman–Crippen LogP) is 6.06. The third kappa shape index (κ3) is 10.6. The fourth-order valence-electron chi connectivity index (χ4n) is 4.46. The first-order chi connectivity index (χ1) is 20.2. The van der Waals surface area contributed by atoms with Gasteiger partial charge in [-0.05, 0) is 108 Å². The molecule has 4 rings (SSSR count). The molecule has 2 N–H and O–H groups in total. The Hall–Kier alpha value is -3.78. The van der Waals surface area contributed by atoms with Gasteiger partial charge in [0.25, 0.3) is 0 Å². The Balaban J connectivity index is 0.000000730. The summed E-state index contributed by atoms with van der Waals surface area (Å²) < 4.78 is 27.9. The zero-order chi connectivity index (χ0) is 30.5. The molecule has 1 aliphatic heterocycles. The molecule has 0 unspecified atom stereocenters. The van der Waals surface area contributed by atoms with Crippen molar-refractivity contribution in [2.45, 2.75) is 12.8 Å². The predicted molar refractivity (Wildman–Crippen MR) is 164 cm³/mol. The summed E-state index contributed by atoms with van der Waals surface area (Å²) in [6, 6.07) is 18.9. The Labute approximate surface area is 255 Å². The van der Waals surface area contributed by atoms with E-state index in [9.17, 15) is 8.78 Å². The van der Waals surface area contributed by atoms with Crippen LogP contribution in [0.25, 0.3) is 10.4 Å². The van der Waals surface area contributed by atoms with Gasteiger partial charge in [0, 0.05) is 59.1 Å². The smallest absolute Gasteiger partial charge is 0.414 e. The van der Waals surface area contributed by atoms with Crippen molar-refractivity contribution < 1.29 is 28.6 Å². The second kappa shape index (κ2) is 16.6. The lowest BCUT2D eigenvalue weighted by atomic mass is 10.1. The number of anilines is 2. The lowest BCUT2D eigenvalue weighted by Gasteiger charge is -2.35. The average molecular weight is 693 g/mol. The van der Waals surface area contributed by atoms with E-state index in [4.69, 9.17) is 25.3 Å². The molecule has 0 spiro atoms. The molecule has 3 aromatic carbocycles. The maximum Gasteiger partial charge on any atom is 0.414 e. The van der Waals surface area contributed by atoms with Gasteiger partial charge in [-0.1, -0.05) is 17.2 Å². The number of piperazine rings is 1. The highest BCUT2D eigenvalue weighted by Gasteiger charge is 2.17. The molecule has 10 nitrogen and oxygen atoms in total. The van der Waals surface area contributed by atoms with Gasteiger partial charge < -0.3 is 24.9 Å². The molecule has 0 radical (unpaired) electrons. The van der Waals surface area contributed by atoms with Crippen LogP contribution in [0.2, 0.25) is 0 Å². The number of benzene rings is 3. The molecule has 1 fully saturated rings. The summed E-state index contributed by atoms with van der Waals surface area (Å²) in [6.07, 6.45) is 1.92. The van der Waals surface area contributed by atoms with Crippen molar-refractivity contribution in [1.82, 2.24) is 9.80 Å². The lowest BCUT2D eigenvalue weighted by Crippen LogP contribution is -2.47. The minimum Gasteiger partial charge on any atom is -0.473 e. The highest BCUT2D eigenvalue weighted by atomic mass is 127. The Morgan fingerprint density at radius 2 is 1.36 bits per heavy atom. The van der Waals surface area contributed by atoms with E-state index in [1.165, 1.54) is 29.8 Å². The molecule has 1 saturated heterocycles. The third-order valence-corrected chi connectivity index (χ3v) is 7.53. The molecule has 13 heteroatoms. The second-order valence-corrected chi connectivity index (χ2v) is 10.6. The lowest BCUT2D eigenvalue weighted by molar-refractivity contribution is -0.159. The van der Waals surface area contributed by atoms with Crippen LogP contribution < -0.4 is 4.90 Å². The zero-order valence-electron chi connectivity index (χ0n) is 22.7. The maximum atomic E-state index is 13.5. The summed E-state index contributed by atoms with van der Waals surface area (Å²) >= 11 is 2.21. The van der Waals surface area contributed by atoms with Crippen LogP contribution in [0, 0.1) is 15.2 Å². The van der Waals surface area contributed by atoms with Crippen LogP contribution in [0.5, 0.6) is 0 Å². The van der Waals surface area contributed by atoms with Gasteiger partial charge in [0.1, 0.15) is 11.6 Å². The van der Waals surface area contributed by atoms with E-state index in [0.717, 1.165) is 73.6 Å². The van der Waals surface area contributed by atoms with E-state index in [-0.39, 0.29) is 11.6 Å². The highest BCUT2D eigenvalue weighted by Crippen LogP contribution is 2.26. The van der Waals surface area contributed by atoms with E-state index in [2.05, 4.69) is 53.4 Å². The Morgan fingerprint density at radius 1 is 0.857 bits per heavy atom. The molecule has 0 aliphatic carbocycles. The number of carbonyl (C=O) groups is 2. The van der Waals surface area contributed by atoms with E-state index >= 15 is 0 Å². The first-order valence-electron chi connectivity index (χ1n) is 13.2. The Morgan fingerprint density at radius 3 is 1.81 bits per heavy atom. The Bertz CT molecular complexity index is 1320. The van der Waals surface area contributed by atoms with Gasteiger partial charge in [0.05, 0.1) is 5.69 Å². The van der Waals surface area contributed by atoms with Crippen molar-refractivity contribution in [3.8, 4) is 0 Å². The molecule has 0 amide bonds. The number of hydrogen-bond acceptors (Lipinski definition) is 6. The van der Waals surface area contributed by atoms with Gasteiger partial charge in [-0.3, -0.25) is 0 Å². The molecule has 0 bridgehead atoms. The molecule has 42 heavy (non-hydrogen) atoms. The average Bonchev–Trinajstić information content (AvgIpc) is 2.98. The first-order valence-corrected chi connectivity index (χ1v) is 14.3. The summed E-state index contributed by atoms with van der Waals surface area (Å²) in [5, 5.41) is 18.5. The minimum atomic E-state index is -1.82. The summed E-state index contributed by atoms with van der Waals surface area (Å²) in [6.45, 7) is 6.88. The molecule has 1 aliphatic rings. The van der Waals surface area contributed by atoms with Crippen molar-refractivity contribution in [1.29, 1.82) is 0 Å². The summed E-state index contributed by atoms with van der Waals surface area (Å²) in [5.74, 6) is -4.18. The first kappa shape index (κ1) is 32.7. The van der Waals surface area contributed by atoms with Gasteiger partial charge >= 0.3 is 11.9 Å². The van der Waals surface area contributed by atoms with Crippen LogP contribution in [0.1, 0.15) is 12.0 Å². The molecule has 0 aromatic heterocycles. The summed E-state index contributed by atoms with van der Waals surface area (Å²) in [4.78, 5) is 28.2. The molecule has 222 valence electrons. The molecule has 0 saturated carbocycles. The van der Waals surface area contributed by atoms with Crippen LogP contribution in [0.3, 0.4) is 0 Å². The molecule has 0 atom stereocenters. The van der Waals surface area contributed by atoms with Gasteiger partial charge in [-0.15, -0.1) is 0 Å². The Kier molecular flexibility index (Phi) is 12.9.